The van der Waals surface area contributed by atoms with Gasteiger partial charge in [0.25, 0.3) is 11.8 Å². The average Bonchev–Trinajstić information content (AvgIpc) is 2.50. The number of carbonyl (C=O) groups is 3. The number of rotatable bonds is 3. The third-order valence-electron chi connectivity index (χ3n) is 3.51. The zero-order valence-corrected chi connectivity index (χ0v) is 12.0. The second-order valence-corrected chi connectivity index (χ2v) is 4.90. The maximum Gasteiger partial charge on any atom is 0.333 e. The van der Waals surface area contributed by atoms with Gasteiger partial charge in [-0.25, -0.2) is 4.79 Å². The van der Waals surface area contributed by atoms with Crippen LogP contribution in [0.2, 0.25) is 0 Å². The monoisotopic (exact) mass is 292 g/mol. The summed E-state index contributed by atoms with van der Waals surface area (Å²) < 4.78 is 5.02. The average molecular weight is 292 g/mol. The van der Waals surface area contributed by atoms with Crippen molar-refractivity contribution in [2.75, 3.05) is 21.2 Å². The van der Waals surface area contributed by atoms with Gasteiger partial charge in [-0.1, -0.05) is 12.1 Å². The van der Waals surface area contributed by atoms with E-state index < -0.39 is 23.4 Å². The van der Waals surface area contributed by atoms with Crippen molar-refractivity contribution in [2.45, 2.75) is 12.0 Å². The van der Waals surface area contributed by atoms with Gasteiger partial charge in [-0.15, -0.1) is 0 Å². The van der Waals surface area contributed by atoms with Crippen molar-refractivity contribution in [2.24, 2.45) is 0 Å². The highest BCUT2D eigenvalue weighted by atomic mass is 16.5. The highest BCUT2D eigenvalue weighted by Gasteiger charge is 2.54. The number of ether oxygens (including phenoxy) is 1. The SMILES string of the molecule is COc1ccc(CC2(O)C(=O)N(C)C(=O)N(C)C2=O)cc1. The lowest BCUT2D eigenvalue weighted by molar-refractivity contribution is -0.167. The summed E-state index contributed by atoms with van der Waals surface area (Å²) in [4.78, 5) is 37.4. The Hall–Kier alpha value is -2.41. The summed E-state index contributed by atoms with van der Waals surface area (Å²) in [5.41, 5.74) is -1.69. The van der Waals surface area contributed by atoms with Crippen LogP contribution in [0.5, 0.6) is 5.75 Å². The van der Waals surface area contributed by atoms with E-state index in [1.54, 1.807) is 24.3 Å². The lowest BCUT2D eigenvalue weighted by Crippen LogP contribution is -2.67. The summed E-state index contributed by atoms with van der Waals surface area (Å²) in [6, 6.07) is 5.86. The van der Waals surface area contributed by atoms with Crippen LogP contribution in [0.1, 0.15) is 5.56 Å². The standard InChI is InChI=1S/C14H16N2O5/c1-15-11(17)14(20,12(18)16(2)13(15)19)8-9-4-6-10(21-3)7-5-9/h4-7,20H,8H2,1-3H3. The minimum Gasteiger partial charge on any atom is -0.497 e. The molecule has 0 aromatic heterocycles. The van der Waals surface area contributed by atoms with Gasteiger partial charge in [0.15, 0.2) is 0 Å². The highest BCUT2D eigenvalue weighted by molar-refractivity contribution is 6.21. The number of hydrogen-bond acceptors (Lipinski definition) is 5. The first-order chi connectivity index (χ1) is 9.81. The van der Waals surface area contributed by atoms with Gasteiger partial charge in [0.1, 0.15) is 5.75 Å². The van der Waals surface area contributed by atoms with E-state index in [0.717, 1.165) is 9.80 Å². The van der Waals surface area contributed by atoms with Gasteiger partial charge < -0.3 is 9.84 Å². The van der Waals surface area contributed by atoms with Crippen LogP contribution in [-0.4, -0.2) is 59.6 Å². The summed E-state index contributed by atoms with van der Waals surface area (Å²) in [5.74, 6) is -1.23. The number of likely N-dealkylation sites (N-methyl/N-ethyl adjacent to an activating group) is 2. The zero-order valence-electron chi connectivity index (χ0n) is 12.0. The molecular formula is C14H16N2O5. The third kappa shape index (κ3) is 2.36. The Balaban J connectivity index is 2.32. The van der Waals surface area contributed by atoms with Crippen LogP contribution in [0.25, 0.3) is 0 Å². The molecule has 0 aliphatic carbocycles. The molecule has 0 atom stereocenters. The molecule has 0 spiro atoms. The molecule has 7 nitrogen and oxygen atoms in total. The number of urea groups is 1. The molecule has 1 heterocycles. The number of aliphatic hydroxyl groups is 1. The molecule has 1 saturated heterocycles. The minimum absolute atomic E-state index is 0.212. The van der Waals surface area contributed by atoms with Crippen LogP contribution in [0, 0.1) is 0 Å². The number of amides is 4. The van der Waals surface area contributed by atoms with E-state index in [4.69, 9.17) is 4.74 Å². The fraction of sp³-hybridized carbons (Fsp3) is 0.357. The quantitative estimate of drug-likeness (QED) is 0.794. The van der Waals surface area contributed by atoms with Crippen LogP contribution in [0.4, 0.5) is 4.79 Å². The third-order valence-corrected chi connectivity index (χ3v) is 3.51. The Labute approximate surface area is 121 Å². The molecule has 1 aliphatic heterocycles. The van der Waals surface area contributed by atoms with Crippen molar-refractivity contribution >= 4 is 17.8 Å². The van der Waals surface area contributed by atoms with E-state index in [-0.39, 0.29) is 6.42 Å². The van der Waals surface area contributed by atoms with Gasteiger partial charge in [-0.05, 0) is 17.7 Å². The Morgan fingerprint density at radius 2 is 1.52 bits per heavy atom. The van der Waals surface area contributed by atoms with Gasteiger partial charge in [0.05, 0.1) is 7.11 Å². The number of barbiturate groups is 1. The first-order valence-corrected chi connectivity index (χ1v) is 6.27. The summed E-state index contributed by atoms with van der Waals surface area (Å²) in [6.45, 7) is 0. The van der Waals surface area contributed by atoms with Gasteiger partial charge in [0.2, 0.25) is 5.60 Å². The molecule has 21 heavy (non-hydrogen) atoms. The molecule has 1 aliphatic rings. The molecule has 1 fully saturated rings. The van der Waals surface area contributed by atoms with E-state index >= 15 is 0 Å². The number of carbonyl (C=O) groups excluding carboxylic acids is 3. The van der Waals surface area contributed by atoms with E-state index in [1.165, 1.54) is 21.2 Å². The van der Waals surface area contributed by atoms with E-state index in [0.29, 0.717) is 11.3 Å². The largest absolute Gasteiger partial charge is 0.497 e. The normalized spacial score (nSPS) is 18.2. The lowest BCUT2D eigenvalue weighted by Gasteiger charge is -2.38. The number of nitrogens with zero attached hydrogens (tertiary/aromatic N) is 2. The Morgan fingerprint density at radius 3 is 1.95 bits per heavy atom. The number of hydrogen-bond donors (Lipinski definition) is 1. The van der Waals surface area contributed by atoms with E-state index in [1.807, 2.05) is 0 Å². The molecular weight excluding hydrogens is 276 g/mol. The van der Waals surface area contributed by atoms with E-state index in [2.05, 4.69) is 0 Å². The number of imide groups is 2. The molecule has 2 rings (SSSR count). The second kappa shape index (κ2) is 5.17. The fourth-order valence-electron chi connectivity index (χ4n) is 2.24. The zero-order chi connectivity index (χ0) is 15.8. The number of benzene rings is 1. The first-order valence-electron chi connectivity index (χ1n) is 6.27. The molecule has 0 radical (unpaired) electrons. The highest BCUT2D eigenvalue weighted by Crippen LogP contribution is 2.25. The Bertz CT molecular complexity index is 572. The van der Waals surface area contributed by atoms with E-state index in [9.17, 15) is 19.5 Å². The summed E-state index contributed by atoms with van der Waals surface area (Å²) >= 11 is 0. The molecule has 1 N–H and O–H groups in total. The molecule has 7 heteroatoms. The van der Waals surface area contributed by atoms with Gasteiger partial charge in [-0.3, -0.25) is 19.4 Å². The lowest BCUT2D eigenvalue weighted by atomic mass is 9.90. The molecule has 1 aromatic carbocycles. The van der Waals surface area contributed by atoms with Crippen LogP contribution in [-0.2, 0) is 16.0 Å². The first kappa shape index (κ1) is 15.0. The van der Waals surface area contributed by atoms with Gasteiger partial charge >= 0.3 is 6.03 Å². The van der Waals surface area contributed by atoms with Crippen molar-refractivity contribution in [1.29, 1.82) is 0 Å². The topological polar surface area (TPSA) is 87.2 Å². The predicted octanol–water partition coefficient (Wildman–Crippen LogP) is 0.0192. The van der Waals surface area contributed by atoms with Crippen molar-refractivity contribution in [1.82, 2.24) is 9.80 Å². The minimum atomic E-state index is -2.27. The van der Waals surface area contributed by atoms with Crippen LogP contribution in [0.3, 0.4) is 0 Å². The van der Waals surface area contributed by atoms with Gasteiger partial charge in [0, 0.05) is 20.5 Å². The van der Waals surface area contributed by atoms with Crippen molar-refractivity contribution in [3.63, 3.8) is 0 Å². The summed E-state index contributed by atoms with van der Waals surface area (Å²) in [6.07, 6.45) is -0.212. The van der Waals surface area contributed by atoms with Crippen LogP contribution >= 0.6 is 0 Å². The Morgan fingerprint density at radius 1 is 1.05 bits per heavy atom. The van der Waals surface area contributed by atoms with Crippen molar-refractivity contribution in [3.05, 3.63) is 29.8 Å². The number of methoxy groups -OCH3 is 1. The van der Waals surface area contributed by atoms with Crippen molar-refractivity contribution in [3.8, 4) is 5.75 Å². The molecule has 4 amide bonds. The fourth-order valence-corrected chi connectivity index (χ4v) is 2.24. The van der Waals surface area contributed by atoms with Crippen LogP contribution < -0.4 is 4.74 Å². The Kier molecular flexibility index (Phi) is 3.69. The maximum absolute atomic E-state index is 12.1. The smallest absolute Gasteiger partial charge is 0.333 e. The molecule has 112 valence electrons. The second-order valence-electron chi connectivity index (χ2n) is 4.90. The van der Waals surface area contributed by atoms with Gasteiger partial charge in [-0.2, -0.15) is 0 Å². The molecule has 0 bridgehead atoms. The molecule has 0 saturated carbocycles. The maximum atomic E-state index is 12.1. The summed E-state index contributed by atoms with van der Waals surface area (Å²) in [5, 5.41) is 10.5. The van der Waals surface area contributed by atoms with Crippen molar-refractivity contribution < 1.29 is 24.2 Å². The predicted molar refractivity (Wildman–Crippen MR) is 72.6 cm³/mol. The van der Waals surface area contributed by atoms with Crippen LogP contribution in [0.15, 0.2) is 24.3 Å². The summed E-state index contributed by atoms with van der Waals surface area (Å²) in [7, 11) is 3.98. The molecule has 1 aromatic rings. The molecule has 0 unspecified atom stereocenters.